The number of amides is 2. The Morgan fingerprint density at radius 3 is 2.48 bits per heavy atom. The lowest BCUT2D eigenvalue weighted by Gasteiger charge is -2.34. The molecule has 0 spiro atoms. The SMILES string of the molecule is COc1ccc(CCN2CC(C(=O)N(C)C3CCC(C)CC3)CC2=O)cc1OC. The van der Waals surface area contributed by atoms with Crippen LogP contribution in [0, 0.1) is 11.8 Å². The van der Waals surface area contributed by atoms with Crippen LogP contribution in [0.5, 0.6) is 11.5 Å². The second kappa shape index (κ2) is 9.51. The molecule has 1 unspecified atom stereocenters. The lowest BCUT2D eigenvalue weighted by molar-refractivity contribution is -0.137. The van der Waals surface area contributed by atoms with E-state index in [0.717, 1.165) is 30.7 Å². The minimum Gasteiger partial charge on any atom is -0.493 e. The molecule has 160 valence electrons. The van der Waals surface area contributed by atoms with Crippen molar-refractivity contribution in [2.45, 2.75) is 51.5 Å². The number of rotatable bonds is 7. The standard InChI is InChI=1S/C23H34N2O4/c1-16-5-8-19(9-6-16)24(2)23(27)18-14-22(26)25(15-18)12-11-17-7-10-20(28-3)21(13-17)29-4/h7,10,13,16,18-19H,5-6,8-9,11-12,14-15H2,1-4H3. The summed E-state index contributed by atoms with van der Waals surface area (Å²) < 4.78 is 10.6. The molecule has 0 aromatic heterocycles. The van der Waals surface area contributed by atoms with Crippen LogP contribution in [0.2, 0.25) is 0 Å². The van der Waals surface area contributed by atoms with Crippen LogP contribution in [0.1, 0.15) is 44.6 Å². The van der Waals surface area contributed by atoms with E-state index in [1.54, 1.807) is 14.2 Å². The van der Waals surface area contributed by atoms with Crippen LogP contribution in [-0.2, 0) is 16.0 Å². The zero-order chi connectivity index (χ0) is 21.0. The third-order valence-corrected chi connectivity index (χ3v) is 6.56. The predicted molar refractivity (Wildman–Crippen MR) is 112 cm³/mol. The van der Waals surface area contributed by atoms with E-state index in [1.807, 2.05) is 35.0 Å². The van der Waals surface area contributed by atoms with Gasteiger partial charge < -0.3 is 19.3 Å². The van der Waals surface area contributed by atoms with Crippen LogP contribution in [0.3, 0.4) is 0 Å². The van der Waals surface area contributed by atoms with E-state index >= 15 is 0 Å². The number of carbonyl (C=O) groups excluding carboxylic acids is 2. The maximum atomic E-state index is 13.0. The van der Waals surface area contributed by atoms with Crippen LogP contribution < -0.4 is 9.47 Å². The summed E-state index contributed by atoms with van der Waals surface area (Å²) in [6, 6.07) is 6.14. The molecule has 2 amide bonds. The Morgan fingerprint density at radius 2 is 1.83 bits per heavy atom. The van der Waals surface area contributed by atoms with E-state index in [4.69, 9.17) is 9.47 Å². The molecule has 2 fully saturated rings. The molecule has 2 aliphatic rings. The molecule has 1 atom stereocenters. The van der Waals surface area contributed by atoms with Gasteiger partial charge in [-0.3, -0.25) is 9.59 Å². The fourth-order valence-electron chi connectivity index (χ4n) is 4.55. The zero-order valence-corrected chi connectivity index (χ0v) is 18.1. The highest BCUT2D eigenvalue weighted by Crippen LogP contribution is 2.30. The third kappa shape index (κ3) is 5.03. The number of carbonyl (C=O) groups is 2. The van der Waals surface area contributed by atoms with Gasteiger partial charge in [-0.1, -0.05) is 13.0 Å². The Bertz CT molecular complexity index is 728. The Morgan fingerprint density at radius 1 is 1.14 bits per heavy atom. The molecule has 1 saturated carbocycles. The number of ether oxygens (including phenoxy) is 2. The van der Waals surface area contributed by atoms with Crippen molar-refractivity contribution in [2.24, 2.45) is 11.8 Å². The minimum absolute atomic E-state index is 0.0782. The van der Waals surface area contributed by atoms with Crippen LogP contribution in [0.25, 0.3) is 0 Å². The lowest BCUT2D eigenvalue weighted by atomic mass is 9.86. The Balaban J connectivity index is 1.54. The van der Waals surface area contributed by atoms with Gasteiger partial charge in [0.15, 0.2) is 11.5 Å². The quantitative estimate of drug-likeness (QED) is 0.703. The van der Waals surface area contributed by atoms with Crippen LogP contribution >= 0.6 is 0 Å². The van der Waals surface area contributed by atoms with Crippen LogP contribution in [0.15, 0.2) is 18.2 Å². The highest BCUT2D eigenvalue weighted by Gasteiger charge is 2.37. The van der Waals surface area contributed by atoms with E-state index in [2.05, 4.69) is 6.92 Å². The number of methoxy groups -OCH3 is 2. The van der Waals surface area contributed by atoms with Crippen molar-refractivity contribution in [1.82, 2.24) is 9.80 Å². The van der Waals surface area contributed by atoms with Gasteiger partial charge in [0.1, 0.15) is 0 Å². The van der Waals surface area contributed by atoms with Crippen molar-refractivity contribution in [1.29, 1.82) is 0 Å². The molecular formula is C23H34N2O4. The Hall–Kier alpha value is -2.24. The summed E-state index contributed by atoms with van der Waals surface area (Å²) in [7, 11) is 5.15. The van der Waals surface area contributed by atoms with Gasteiger partial charge in [-0.05, 0) is 55.7 Å². The molecule has 1 aliphatic carbocycles. The average molecular weight is 403 g/mol. The molecule has 6 nitrogen and oxygen atoms in total. The summed E-state index contributed by atoms with van der Waals surface area (Å²) in [6.45, 7) is 3.42. The maximum Gasteiger partial charge on any atom is 0.227 e. The molecule has 0 radical (unpaired) electrons. The third-order valence-electron chi connectivity index (χ3n) is 6.56. The van der Waals surface area contributed by atoms with Gasteiger partial charge >= 0.3 is 0 Å². The highest BCUT2D eigenvalue weighted by atomic mass is 16.5. The van der Waals surface area contributed by atoms with Gasteiger partial charge in [0.2, 0.25) is 11.8 Å². The predicted octanol–water partition coefficient (Wildman–Crippen LogP) is 3.13. The van der Waals surface area contributed by atoms with Gasteiger partial charge in [0.05, 0.1) is 20.1 Å². The van der Waals surface area contributed by atoms with Crippen molar-refractivity contribution in [2.75, 3.05) is 34.4 Å². The van der Waals surface area contributed by atoms with E-state index in [0.29, 0.717) is 37.1 Å². The highest BCUT2D eigenvalue weighted by molar-refractivity contribution is 5.89. The molecular weight excluding hydrogens is 368 g/mol. The fraction of sp³-hybridized carbons (Fsp3) is 0.652. The van der Waals surface area contributed by atoms with E-state index < -0.39 is 0 Å². The van der Waals surface area contributed by atoms with Crippen molar-refractivity contribution in [3.8, 4) is 11.5 Å². The molecule has 1 aromatic carbocycles. The number of likely N-dealkylation sites (tertiary alicyclic amines) is 1. The summed E-state index contributed by atoms with van der Waals surface area (Å²) in [4.78, 5) is 29.2. The average Bonchev–Trinajstić information content (AvgIpc) is 3.12. The second-order valence-corrected chi connectivity index (χ2v) is 8.54. The van der Waals surface area contributed by atoms with Crippen LogP contribution in [0.4, 0.5) is 0 Å². The van der Waals surface area contributed by atoms with Crippen molar-refractivity contribution in [3.05, 3.63) is 23.8 Å². The first-order valence-corrected chi connectivity index (χ1v) is 10.7. The second-order valence-electron chi connectivity index (χ2n) is 8.54. The van der Waals surface area contributed by atoms with Crippen molar-refractivity contribution in [3.63, 3.8) is 0 Å². The van der Waals surface area contributed by atoms with E-state index in [1.165, 1.54) is 12.8 Å². The first kappa shape index (κ1) is 21.5. The molecule has 29 heavy (non-hydrogen) atoms. The molecule has 1 heterocycles. The topological polar surface area (TPSA) is 59.1 Å². The number of hydrogen-bond donors (Lipinski definition) is 0. The molecule has 0 N–H and O–H groups in total. The summed E-state index contributed by atoms with van der Waals surface area (Å²) in [6.07, 6.45) is 5.58. The largest absolute Gasteiger partial charge is 0.493 e. The normalized spacial score (nSPS) is 24.5. The molecule has 1 saturated heterocycles. The van der Waals surface area contributed by atoms with Gasteiger partial charge in [0.25, 0.3) is 0 Å². The van der Waals surface area contributed by atoms with Gasteiger partial charge in [-0.2, -0.15) is 0 Å². The van der Waals surface area contributed by atoms with Crippen LogP contribution in [-0.4, -0.2) is 62.0 Å². The molecule has 1 aromatic rings. The van der Waals surface area contributed by atoms with E-state index in [-0.39, 0.29) is 17.7 Å². The van der Waals surface area contributed by atoms with Gasteiger partial charge in [-0.15, -0.1) is 0 Å². The lowest BCUT2D eigenvalue weighted by Crippen LogP contribution is -2.43. The van der Waals surface area contributed by atoms with Crippen molar-refractivity contribution >= 4 is 11.8 Å². The Labute approximate surface area is 174 Å². The number of benzene rings is 1. The molecule has 0 bridgehead atoms. The van der Waals surface area contributed by atoms with Crippen molar-refractivity contribution < 1.29 is 19.1 Å². The maximum absolute atomic E-state index is 13.0. The summed E-state index contributed by atoms with van der Waals surface area (Å²) >= 11 is 0. The number of nitrogens with zero attached hydrogens (tertiary/aromatic N) is 2. The Kier molecular flexibility index (Phi) is 7.04. The summed E-state index contributed by atoms with van der Waals surface area (Å²) in [5.41, 5.74) is 1.08. The molecule has 1 aliphatic heterocycles. The monoisotopic (exact) mass is 402 g/mol. The van der Waals surface area contributed by atoms with Gasteiger partial charge in [0, 0.05) is 32.6 Å². The first-order valence-electron chi connectivity index (χ1n) is 10.7. The minimum atomic E-state index is -0.211. The summed E-state index contributed by atoms with van der Waals surface area (Å²) in [5, 5.41) is 0. The molecule has 3 rings (SSSR count). The van der Waals surface area contributed by atoms with E-state index in [9.17, 15) is 9.59 Å². The zero-order valence-electron chi connectivity index (χ0n) is 18.1. The first-order chi connectivity index (χ1) is 13.9. The fourth-order valence-corrected chi connectivity index (χ4v) is 4.55. The van der Waals surface area contributed by atoms with Gasteiger partial charge in [-0.25, -0.2) is 0 Å². The summed E-state index contributed by atoms with van der Waals surface area (Å²) in [5.74, 6) is 2.14. The smallest absolute Gasteiger partial charge is 0.227 e. The molecule has 6 heteroatoms. The number of hydrogen-bond acceptors (Lipinski definition) is 4.